The molecular formula is C20H20FNO3. The van der Waals surface area contributed by atoms with Gasteiger partial charge in [-0.15, -0.1) is 0 Å². The number of ketones is 1. The quantitative estimate of drug-likeness (QED) is 0.905. The number of nitrogens with one attached hydrogen (secondary N) is 1. The number of halogens is 1. The molecule has 2 aromatic rings. The van der Waals surface area contributed by atoms with Crippen LogP contribution in [0.3, 0.4) is 0 Å². The molecule has 0 fully saturated rings. The fourth-order valence-electron chi connectivity index (χ4n) is 3.23. The van der Waals surface area contributed by atoms with E-state index >= 15 is 0 Å². The molecule has 130 valence electrons. The van der Waals surface area contributed by atoms with E-state index < -0.39 is 0 Å². The monoisotopic (exact) mass is 341 g/mol. The molecule has 0 radical (unpaired) electrons. The zero-order valence-corrected chi connectivity index (χ0v) is 14.3. The maximum atomic E-state index is 12.9. The standard InChI is InChI=1S/C20H20FNO3/c1-12-3-8-17(20-16(23)9-13(2)19(12)20)25-11-18(24)22-10-14-4-6-15(21)7-5-14/h3-8,13H,9-11H2,1-2H3,(H,22,24)/t13-/m0/s1. The minimum absolute atomic E-state index is 0.0629. The maximum absolute atomic E-state index is 12.9. The van der Waals surface area contributed by atoms with E-state index in [9.17, 15) is 14.0 Å². The van der Waals surface area contributed by atoms with Gasteiger partial charge in [-0.2, -0.15) is 0 Å². The van der Waals surface area contributed by atoms with Crippen LogP contribution < -0.4 is 10.1 Å². The maximum Gasteiger partial charge on any atom is 0.258 e. The summed E-state index contributed by atoms with van der Waals surface area (Å²) in [6.45, 7) is 4.13. The van der Waals surface area contributed by atoms with Gasteiger partial charge in [0.15, 0.2) is 12.4 Å². The van der Waals surface area contributed by atoms with E-state index in [0.29, 0.717) is 24.3 Å². The first-order valence-electron chi connectivity index (χ1n) is 8.26. The predicted molar refractivity (Wildman–Crippen MR) is 92.3 cm³/mol. The van der Waals surface area contributed by atoms with Gasteiger partial charge in [0.05, 0.1) is 5.56 Å². The van der Waals surface area contributed by atoms with Crippen LogP contribution in [0.15, 0.2) is 36.4 Å². The van der Waals surface area contributed by atoms with Crippen molar-refractivity contribution in [3.05, 3.63) is 64.5 Å². The molecule has 0 unspecified atom stereocenters. The Morgan fingerprint density at radius 1 is 1.24 bits per heavy atom. The van der Waals surface area contributed by atoms with Gasteiger partial charge in [-0.05, 0) is 47.7 Å². The Morgan fingerprint density at radius 2 is 1.96 bits per heavy atom. The molecule has 0 spiro atoms. The average Bonchev–Trinajstić information content (AvgIpc) is 2.89. The Balaban J connectivity index is 1.61. The highest BCUT2D eigenvalue weighted by Gasteiger charge is 2.31. The molecule has 1 atom stereocenters. The predicted octanol–water partition coefficient (Wildman–Crippen LogP) is 3.52. The zero-order valence-electron chi connectivity index (χ0n) is 14.3. The number of fused-ring (bicyclic) bond motifs is 1. The van der Waals surface area contributed by atoms with Crippen molar-refractivity contribution in [3.63, 3.8) is 0 Å². The van der Waals surface area contributed by atoms with Crippen LogP contribution >= 0.6 is 0 Å². The Kier molecular flexibility index (Phi) is 4.83. The summed E-state index contributed by atoms with van der Waals surface area (Å²) >= 11 is 0. The third-order valence-electron chi connectivity index (χ3n) is 4.45. The van der Waals surface area contributed by atoms with Crippen LogP contribution in [-0.2, 0) is 11.3 Å². The molecule has 5 heteroatoms. The number of carbonyl (C=O) groups excluding carboxylic acids is 2. The highest BCUT2D eigenvalue weighted by molar-refractivity contribution is 6.04. The van der Waals surface area contributed by atoms with Crippen molar-refractivity contribution in [3.8, 4) is 5.75 Å². The summed E-state index contributed by atoms with van der Waals surface area (Å²) in [4.78, 5) is 24.2. The highest BCUT2D eigenvalue weighted by Crippen LogP contribution is 2.40. The Labute approximate surface area is 146 Å². The smallest absolute Gasteiger partial charge is 0.258 e. The van der Waals surface area contributed by atoms with Crippen LogP contribution in [0.1, 0.15) is 46.3 Å². The average molecular weight is 341 g/mol. The normalized spacial score (nSPS) is 15.8. The van der Waals surface area contributed by atoms with Crippen LogP contribution in [0.5, 0.6) is 5.75 Å². The van der Waals surface area contributed by atoms with Gasteiger partial charge in [0.1, 0.15) is 11.6 Å². The van der Waals surface area contributed by atoms with Gasteiger partial charge < -0.3 is 10.1 Å². The van der Waals surface area contributed by atoms with Gasteiger partial charge in [-0.1, -0.05) is 25.1 Å². The van der Waals surface area contributed by atoms with Gasteiger partial charge in [0, 0.05) is 13.0 Å². The first-order chi connectivity index (χ1) is 12.0. The van der Waals surface area contributed by atoms with Gasteiger partial charge in [0.25, 0.3) is 5.91 Å². The van der Waals surface area contributed by atoms with E-state index in [2.05, 4.69) is 5.32 Å². The minimum atomic E-state index is -0.314. The Morgan fingerprint density at radius 3 is 2.68 bits per heavy atom. The van der Waals surface area contributed by atoms with Crippen molar-refractivity contribution >= 4 is 11.7 Å². The summed E-state index contributed by atoms with van der Waals surface area (Å²) < 4.78 is 18.5. The molecule has 25 heavy (non-hydrogen) atoms. The molecule has 2 aromatic carbocycles. The molecule has 0 saturated heterocycles. The van der Waals surface area contributed by atoms with Crippen molar-refractivity contribution in [2.45, 2.75) is 32.7 Å². The lowest BCUT2D eigenvalue weighted by Crippen LogP contribution is -2.28. The molecular weight excluding hydrogens is 321 g/mol. The second kappa shape index (κ2) is 7.05. The molecule has 0 aromatic heterocycles. The van der Waals surface area contributed by atoms with Crippen LogP contribution in [0.2, 0.25) is 0 Å². The second-order valence-corrected chi connectivity index (χ2v) is 6.39. The van der Waals surface area contributed by atoms with Crippen LogP contribution in [0.4, 0.5) is 4.39 Å². The zero-order chi connectivity index (χ0) is 18.0. The number of aryl methyl sites for hydroxylation is 1. The number of hydrogen-bond donors (Lipinski definition) is 1. The number of amides is 1. The molecule has 4 nitrogen and oxygen atoms in total. The fraction of sp³-hybridized carbons (Fsp3) is 0.300. The van der Waals surface area contributed by atoms with Crippen LogP contribution in [0.25, 0.3) is 0 Å². The topological polar surface area (TPSA) is 55.4 Å². The largest absolute Gasteiger partial charge is 0.483 e. The first kappa shape index (κ1) is 17.1. The lowest BCUT2D eigenvalue weighted by atomic mass is 9.97. The number of Topliss-reactive ketones (excluding diaryl/α,β-unsaturated/α-hetero) is 1. The molecule has 1 aliphatic carbocycles. The number of carbonyl (C=O) groups is 2. The van der Waals surface area contributed by atoms with Crippen LogP contribution in [0, 0.1) is 12.7 Å². The molecule has 0 bridgehead atoms. The number of ether oxygens (including phenoxy) is 1. The van der Waals surface area contributed by atoms with Gasteiger partial charge in [-0.25, -0.2) is 4.39 Å². The highest BCUT2D eigenvalue weighted by atomic mass is 19.1. The van der Waals surface area contributed by atoms with Crippen molar-refractivity contribution in [1.82, 2.24) is 5.32 Å². The molecule has 1 aliphatic rings. The summed E-state index contributed by atoms with van der Waals surface area (Å²) in [5, 5.41) is 2.72. The van der Waals surface area contributed by atoms with Crippen LogP contribution in [-0.4, -0.2) is 18.3 Å². The van der Waals surface area contributed by atoms with E-state index in [-0.39, 0.29) is 30.0 Å². The van der Waals surface area contributed by atoms with E-state index in [4.69, 9.17) is 4.74 Å². The van der Waals surface area contributed by atoms with Crippen molar-refractivity contribution in [2.75, 3.05) is 6.61 Å². The summed E-state index contributed by atoms with van der Waals surface area (Å²) in [6, 6.07) is 9.59. The van der Waals surface area contributed by atoms with Crippen molar-refractivity contribution in [2.24, 2.45) is 0 Å². The van der Waals surface area contributed by atoms with E-state index in [1.807, 2.05) is 19.9 Å². The fourth-order valence-corrected chi connectivity index (χ4v) is 3.23. The minimum Gasteiger partial charge on any atom is -0.483 e. The summed E-state index contributed by atoms with van der Waals surface area (Å²) in [7, 11) is 0. The molecule has 1 N–H and O–H groups in total. The Hall–Kier alpha value is -2.69. The van der Waals surface area contributed by atoms with E-state index in [1.165, 1.54) is 12.1 Å². The summed E-state index contributed by atoms with van der Waals surface area (Å²) in [5.41, 5.74) is 3.50. The first-order valence-corrected chi connectivity index (χ1v) is 8.26. The van der Waals surface area contributed by atoms with E-state index in [1.54, 1.807) is 18.2 Å². The number of hydrogen-bond acceptors (Lipinski definition) is 3. The third-order valence-corrected chi connectivity index (χ3v) is 4.45. The molecule has 3 rings (SSSR count). The number of benzene rings is 2. The molecule has 0 heterocycles. The van der Waals surface area contributed by atoms with Gasteiger partial charge in [0.2, 0.25) is 0 Å². The lowest BCUT2D eigenvalue weighted by molar-refractivity contribution is -0.123. The van der Waals surface area contributed by atoms with Crippen molar-refractivity contribution in [1.29, 1.82) is 0 Å². The van der Waals surface area contributed by atoms with Gasteiger partial charge in [-0.3, -0.25) is 9.59 Å². The summed E-state index contributed by atoms with van der Waals surface area (Å²) in [5.74, 6) is 0.0980. The van der Waals surface area contributed by atoms with E-state index in [0.717, 1.165) is 16.7 Å². The van der Waals surface area contributed by atoms with Crippen molar-refractivity contribution < 1.29 is 18.7 Å². The Bertz CT molecular complexity index is 814. The second-order valence-electron chi connectivity index (χ2n) is 6.39. The molecule has 0 saturated carbocycles. The van der Waals surface area contributed by atoms with Gasteiger partial charge >= 0.3 is 0 Å². The summed E-state index contributed by atoms with van der Waals surface area (Å²) in [6.07, 6.45) is 0.479. The number of rotatable bonds is 5. The lowest BCUT2D eigenvalue weighted by Gasteiger charge is -2.13. The molecule has 1 amide bonds. The third kappa shape index (κ3) is 3.71. The molecule has 0 aliphatic heterocycles. The SMILES string of the molecule is Cc1ccc(OCC(=O)NCc2ccc(F)cc2)c2c1[C@@H](C)CC2=O.